The number of alkyl halides is 6. The third-order valence-corrected chi connectivity index (χ3v) is 9.14. The van der Waals surface area contributed by atoms with Crippen LogP contribution in [-0.2, 0) is 30.4 Å². The van der Waals surface area contributed by atoms with E-state index in [2.05, 4.69) is 40.0 Å². The van der Waals surface area contributed by atoms with Crippen LogP contribution < -0.4 is 16.4 Å². The van der Waals surface area contributed by atoms with Crippen molar-refractivity contribution in [1.29, 1.82) is 0 Å². The van der Waals surface area contributed by atoms with Crippen molar-refractivity contribution < 1.29 is 45.0 Å². The first-order chi connectivity index (χ1) is 22.8. The van der Waals surface area contributed by atoms with Crippen LogP contribution >= 0.6 is 0 Å². The smallest absolute Gasteiger partial charge is 0.394 e. The Hall–Kier alpha value is -4.23. The molecule has 0 aliphatic heterocycles. The lowest BCUT2D eigenvalue weighted by Gasteiger charge is -2.21. The average Bonchev–Trinajstić information content (AvgIpc) is 3.00. The fraction of sp³-hybridized carbons (Fsp3) is 0.433. The van der Waals surface area contributed by atoms with E-state index in [0.29, 0.717) is 17.1 Å². The maximum absolute atomic E-state index is 15.1. The van der Waals surface area contributed by atoms with Gasteiger partial charge in [-0.15, -0.1) is 0 Å². The number of nitrogens with zero attached hydrogens (tertiary/aromatic N) is 5. The normalized spacial score (nSPS) is 13.2. The molecule has 266 valence electrons. The zero-order valence-electron chi connectivity index (χ0n) is 26.4. The Kier molecular flexibility index (Phi) is 11.3. The lowest BCUT2D eigenvalue weighted by molar-refractivity contribution is -0.139. The monoisotopic (exact) mass is 720 g/mol. The molecule has 3 aromatic heterocycles. The molecule has 49 heavy (non-hydrogen) atoms. The van der Waals surface area contributed by atoms with E-state index < -0.39 is 96.1 Å². The van der Waals surface area contributed by atoms with E-state index in [1.807, 2.05) is 0 Å². The molecule has 0 saturated heterocycles. The number of aromatic nitrogens is 5. The minimum absolute atomic E-state index is 0.0256. The molecule has 0 saturated carbocycles. The van der Waals surface area contributed by atoms with Crippen LogP contribution in [0.4, 0.5) is 40.8 Å². The molecule has 0 bridgehead atoms. The molecule has 19 heteroatoms. The van der Waals surface area contributed by atoms with E-state index in [9.17, 15) is 45.4 Å². The van der Waals surface area contributed by atoms with Crippen molar-refractivity contribution >= 4 is 24.5 Å². The SMILES string of the molecule is C[Si](C)(C)CCOCn1ncc(N[C@@H](CO)CCCn2ccc3cc(-c4ncc(C(F)(F)F)cn4)c(F)c(F)c3c2=O)c(C(F)(F)F)c1=O. The number of hydrogen-bond donors (Lipinski definition) is 2. The topological polar surface area (TPSA) is 124 Å². The molecule has 1 atom stereocenters. The highest BCUT2D eigenvalue weighted by molar-refractivity contribution is 6.76. The maximum Gasteiger partial charge on any atom is 0.423 e. The van der Waals surface area contributed by atoms with Gasteiger partial charge in [-0.05, 0) is 36.4 Å². The number of aliphatic hydroxyl groups is 1. The number of rotatable bonds is 13. The standard InChI is InChI=1S/C30H32F8N6O4Si/c1-49(2,3)10-9-48-16-44-28(47)23(30(36,37)38)21(14-41-44)42-19(15-45)5-4-7-43-8-6-17-11-20(24(31)25(32)22(17)27(43)46)26-39-12-18(13-40-26)29(33,34)35/h6,8,11-14,19,42,45H,4-5,7,9-10,15-16H2,1-3H3/t19-/m1/s1. The van der Waals surface area contributed by atoms with Crippen LogP contribution in [0.1, 0.15) is 24.0 Å². The third kappa shape index (κ3) is 9.07. The average molecular weight is 721 g/mol. The van der Waals surface area contributed by atoms with Crippen LogP contribution in [0.2, 0.25) is 25.7 Å². The molecule has 3 heterocycles. The minimum Gasteiger partial charge on any atom is -0.394 e. The third-order valence-electron chi connectivity index (χ3n) is 7.43. The number of benzene rings is 1. The van der Waals surface area contributed by atoms with Crippen LogP contribution in [0, 0.1) is 11.6 Å². The number of hydrogen-bond acceptors (Lipinski definition) is 8. The Morgan fingerprint density at radius 1 is 0.980 bits per heavy atom. The zero-order valence-corrected chi connectivity index (χ0v) is 27.4. The number of aryl methyl sites for hydroxylation is 1. The molecule has 2 N–H and O–H groups in total. The fourth-order valence-corrected chi connectivity index (χ4v) is 5.52. The highest BCUT2D eigenvalue weighted by Crippen LogP contribution is 2.33. The van der Waals surface area contributed by atoms with Crippen molar-refractivity contribution in [2.24, 2.45) is 0 Å². The van der Waals surface area contributed by atoms with Gasteiger partial charge in [0.1, 0.15) is 12.3 Å². The van der Waals surface area contributed by atoms with Gasteiger partial charge in [0.25, 0.3) is 11.1 Å². The number of fused-ring (bicyclic) bond motifs is 1. The predicted molar refractivity (Wildman–Crippen MR) is 165 cm³/mol. The number of ether oxygens (including phenoxy) is 1. The van der Waals surface area contributed by atoms with Crippen molar-refractivity contribution in [3.05, 3.63) is 80.4 Å². The Bertz CT molecular complexity index is 1910. The van der Waals surface area contributed by atoms with E-state index in [4.69, 9.17) is 4.74 Å². The summed E-state index contributed by atoms with van der Waals surface area (Å²) < 4.78 is 117. The number of pyridine rings is 1. The Balaban J connectivity index is 1.48. The summed E-state index contributed by atoms with van der Waals surface area (Å²) in [5.74, 6) is -3.67. The van der Waals surface area contributed by atoms with Gasteiger partial charge in [-0.2, -0.15) is 31.4 Å². The minimum atomic E-state index is -5.07. The molecule has 4 rings (SSSR count). The number of anilines is 1. The molecule has 0 radical (unpaired) electrons. The summed E-state index contributed by atoms with van der Waals surface area (Å²) in [5.41, 5.74) is -6.35. The largest absolute Gasteiger partial charge is 0.423 e. The predicted octanol–water partition coefficient (Wildman–Crippen LogP) is 5.90. The summed E-state index contributed by atoms with van der Waals surface area (Å²) in [4.78, 5) is 32.7. The molecule has 4 aromatic rings. The van der Waals surface area contributed by atoms with Crippen LogP contribution in [0.25, 0.3) is 22.2 Å². The van der Waals surface area contributed by atoms with Crippen LogP contribution in [0.3, 0.4) is 0 Å². The lowest BCUT2D eigenvalue weighted by atomic mass is 10.1. The highest BCUT2D eigenvalue weighted by Gasteiger charge is 2.39. The molecule has 1 aromatic carbocycles. The number of halogens is 8. The van der Waals surface area contributed by atoms with E-state index in [-0.39, 0.29) is 31.4 Å². The van der Waals surface area contributed by atoms with Gasteiger partial charge in [-0.3, -0.25) is 9.59 Å². The van der Waals surface area contributed by atoms with Crippen molar-refractivity contribution in [3.63, 3.8) is 0 Å². The summed E-state index contributed by atoms with van der Waals surface area (Å²) in [7, 11) is -1.48. The van der Waals surface area contributed by atoms with Gasteiger partial charge in [0.15, 0.2) is 17.5 Å². The second-order valence-electron chi connectivity index (χ2n) is 12.4. The summed E-state index contributed by atoms with van der Waals surface area (Å²) in [6.45, 7) is 5.24. The van der Waals surface area contributed by atoms with Crippen molar-refractivity contribution in [2.45, 2.75) is 70.2 Å². The van der Waals surface area contributed by atoms with Crippen molar-refractivity contribution in [1.82, 2.24) is 24.3 Å². The Morgan fingerprint density at radius 3 is 2.24 bits per heavy atom. The van der Waals surface area contributed by atoms with Crippen LogP contribution in [0.15, 0.2) is 46.5 Å². The fourth-order valence-electron chi connectivity index (χ4n) is 4.76. The summed E-state index contributed by atoms with van der Waals surface area (Å²) in [5, 5.41) is 15.4. The van der Waals surface area contributed by atoms with E-state index in [0.717, 1.165) is 22.9 Å². The van der Waals surface area contributed by atoms with Gasteiger partial charge < -0.3 is 19.7 Å². The molecular formula is C30H32F8N6O4Si. The van der Waals surface area contributed by atoms with Crippen molar-refractivity contribution in [3.8, 4) is 11.4 Å². The molecule has 10 nitrogen and oxygen atoms in total. The van der Waals surface area contributed by atoms with Crippen LogP contribution in [0.5, 0.6) is 0 Å². The highest BCUT2D eigenvalue weighted by atomic mass is 28.3. The first-order valence-electron chi connectivity index (χ1n) is 14.8. The van der Waals surface area contributed by atoms with E-state index in [1.165, 1.54) is 12.3 Å². The summed E-state index contributed by atoms with van der Waals surface area (Å²) >= 11 is 0. The van der Waals surface area contributed by atoms with Gasteiger partial charge >= 0.3 is 12.4 Å². The maximum atomic E-state index is 15.1. The first kappa shape index (κ1) is 37.6. The Morgan fingerprint density at radius 2 is 1.65 bits per heavy atom. The number of aliphatic hydroxyl groups excluding tert-OH is 1. The zero-order chi connectivity index (χ0) is 36.3. The summed E-state index contributed by atoms with van der Waals surface area (Å²) in [6, 6.07) is 1.99. The van der Waals surface area contributed by atoms with Crippen molar-refractivity contribution in [2.75, 3.05) is 18.5 Å². The molecule has 0 amide bonds. The van der Waals surface area contributed by atoms with Gasteiger partial charge in [-0.1, -0.05) is 19.6 Å². The second-order valence-corrected chi connectivity index (χ2v) is 18.0. The molecule has 0 aliphatic rings. The lowest BCUT2D eigenvalue weighted by Crippen LogP contribution is -2.35. The second kappa shape index (κ2) is 14.7. The van der Waals surface area contributed by atoms with Gasteiger partial charge in [0, 0.05) is 45.9 Å². The van der Waals surface area contributed by atoms with Gasteiger partial charge in [0.05, 0.1) is 35.0 Å². The number of nitrogens with one attached hydrogen (secondary N) is 1. The van der Waals surface area contributed by atoms with E-state index >= 15 is 4.39 Å². The quantitative estimate of drug-likeness (QED) is 0.0996. The molecule has 0 aliphatic carbocycles. The molecular weight excluding hydrogens is 688 g/mol. The Labute approximate surface area is 274 Å². The molecule has 0 spiro atoms. The molecule has 0 unspecified atom stereocenters. The van der Waals surface area contributed by atoms with Crippen LogP contribution in [-0.4, -0.2) is 56.8 Å². The van der Waals surface area contributed by atoms with Gasteiger partial charge in [0.2, 0.25) is 0 Å². The van der Waals surface area contributed by atoms with Gasteiger partial charge in [-0.25, -0.2) is 23.4 Å². The summed E-state index contributed by atoms with van der Waals surface area (Å²) in [6.07, 6.45) is -6.90. The van der Waals surface area contributed by atoms with E-state index in [1.54, 1.807) is 0 Å². The first-order valence-corrected chi connectivity index (χ1v) is 18.6. The molecule has 0 fully saturated rings.